The molecule has 0 saturated carbocycles. The van der Waals surface area contributed by atoms with Gasteiger partial charge in [-0.1, -0.05) is 27.5 Å². The standard InChI is InChI=1S/C10H8BrClF2O3/c1-16-9(15)6-2-5(17-10(13)14)3-8(12)7(6)4-11/h2-3,10H,4H2,1H3. The van der Waals surface area contributed by atoms with Gasteiger partial charge < -0.3 is 9.47 Å². The zero-order chi connectivity index (χ0) is 13.0. The quantitative estimate of drug-likeness (QED) is 0.625. The van der Waals surface area contributed by atoms with E-state index in [4.69, 9.17) is 11.6 Å². The molecular weight excluding hydrogens is 321 g/mol. The molecule has 1 aromatic rings. The van der Waals surface area contributed by atoms with E-state index in [2.05, 4.69) is 25.4 Å². The van der Waals surface area contributed by atoms with Gasteiger partial charge >= 0.3 is 12.6 Å². The van der Waals surface area contributed by atoms with Gasteiger partial charge in [0.05, 0.1) is 12.7 Å². The van der Waals surface area contributed by atoms with E-state index in [0.29, 0.717) is 10.9 Å². The van der Waals surface area contributed by atoms with Crippen molar-refractivity contribution in [1.82, 2.24) is 0 Å². The Morgan fingerprint density at radius 3 is 2.65 bits per heavy atom. The van der Waals surface area contributed by atoms with Gasteiger partial charge in [-0.05, 0) is 17.7 Å². The topological polar surface area (TPSA) is 35.5 Å². The molecule has 0 aliphatic heterocycles. The molecule has 1 rings (SSSR count). The number of hydrogen-bond acceptors (Lipinski definition) is 3. The number of alkyl halides is 3. The predicted octanol–water partition coefficient (Wildman–Crippen LogP) is 3.62. The lowest BCUT2D eigenvalue weighted by Gasteiger charge is -2.11. The van der Waals surface area contributed by atoms with E-state index >= 15 is 0 Å². The van der Waals surface area contributed by atoms with E-state index in [1.54, 1.807) is 0 Å². The van der Waals surface area contributed by atoms with Crippen LogP contribution in [-0.4, -0.2) is 19.7 Å². The molecule has 0 aliphatic carbocycles. The summed E-state index contributed by atoms with van der Waals surface area (Å²) in [5.74, 6) is -0.851. The van der Waals surface area contributed by atoms with Crippen LogP contribution in [-0.2, 0) is 10.1 Å². The van der Waals surface area contributed by atoms with E-state index in [0.717, 1.165) is 0 Å². The molecule has 0 atom stereocenters. The number of hydrogen-bond donors (Lipinski definition) is 0. The Labute approximate surface area is 110 Å². The second-order valence-electron chi connectivity index (χ2n) is 2.93. The lowest BCUT2D eigenvalue weighted by Crippen LogP contribution is -2.08. The number of halogens is 4. The number of rotatable bonds is 4. The first-order chi connectivity index (χ1) is 7.99. The molecule has 94 valence electrons. The zero-order valence-corrected chi connectivity index (χ0v) is 11.0. The van der Waals surface area contributed by atoms with Gasteiger partial charge in [0, 0.05) is 10.4 Å². The van der Waals surface area contributed by atoms with Crippen molar-refractivity contribution >= 4 is 33.5 Å². The van der Waals surface area contributed by atoms with Gasteiger partial charge in [-0.3, -0.25) is 0 Å². The fourth-order valence-electron chi connectivity index (χ4n) is 1.21. The molecule has 0 fully saturated rings. The van der Waals surface area contributed by atoms with Crippen molar-refractivity contribution < 1.29 is 23.0 Å². The van der Waals surface area contributed by atoms with Gasteiger partial charge in [-0.25, -0.2) is 4.79 Å². The molecule has 0 heterocycles. The Morgan fingerprint density at radius 1 is 1.53 bits per heavy atom. The van der Waals surface area contributed by atoms with E-state index in [1.165, 1.54) is 19.2 Å². The van der Waals surface area contributed by atoms with Crippen LogP contribution < -0.4 is 4.74 Å². The molecule has 0 radical (unpaired) electrons. The van der Waals surface area contributed by atoms with Crippen molar-refractivity contribution in [3.8, 4) is 5.75 Å². The Bertz CT molecular complexity index is 426. The third kappa shape index (κ3) is 3.54. The minimum Gasteiger partial charge on any atom is -0.465 e. The summed E-state index contributed by atoms with van der Waals surface area (Å²) >= 11 is 9.01. The lowest BCUT2D eigenvalue weighted by molar-refractivity contribution is -0.0499. The first-order valence-corrected chi connectivity index (χ1v) is 5.91. The smallest absolute Gasteiger partial charge is 0.387 e. The second-order valence-corrected chi connectivity index (χ2v) is 3.90. The zero-order valence-electron chi connectivity index (χ0n) is 8.68. The summed E-state index contributed by atoms with van der Waals surface area (Å²) in [4.78, 5) is 11.4. The fourth-order valence-corrected chi connectivity index (χ4v) is 2.25. The van der Waals surface area contributed by atoms with E-state index < -0.39 is 12.6 Å². The highest BCUT2D eigenvalue weighted by molar-refractivity contribution is 9.08. The van der Waals surface area contributed by atoms with Crippen LogP contribution in [0.4, 0.5) is 8.78 Å². The molecule has 0 unspecified atom stereocenters. The van der Waals surface area contributed by atoms with Gasteiger partial charge in [0.25, 0.3) is 0 Å². The first-order valence-electron chi connectivity index (χ1n) is 4.41. The largest absolute Gasteiger partial charge is 0.465 e. The van der Waals surface area contributed by atoms with Crippen LogP contribution in [0.25, 0.3) is 0 Å². The maximum absolute atomic E-state index is 12.1. The summed E-state index contributed by atoms with van der Waals surface area (Å²) < 4.78 is 32.8. The van der Waals surface area contributed by atoms with E-state index in [9.17, 15) is 13.6 Å². The molecule has 0 spiro atoms. The van der Waals surface area contributed by atoms with Crippen LogP contribution in [0, 0.1) is 0 Å². The summed E-state index contributed by atoms with van der Waals surface area (Å²) in [6.07, 6.45) is 0. The molecule has 0 N–H and O–H groups in total. The number of esters is 1. The predicted molar refractivity (Wildman–Crippen MR) is 62.1 cm³/mol. The highest BCUT2D eigenvalue weighted by atomic mass is 79.9. The Balaban J connectivity index is 3.23. The van der Waals surface area contributed by atoms with Crippen molar-refractivity contribution in [3.05, 3.63) is 28.3 Å². The average molecular weight is 330 g/mol. The van der Waals surface area contributed by atoms with Crippen molar-refractivity contribution in [3.63, 3.8) is 0 Å². The summed E-state index contributed by atoms with van der Waals surface area (Å²) in [5, 5.41) is 0.450. The Kier molecular flexibility index (Phi) is 5.14. The summed E-state index contributed by atoms with van der Waals surface area (Å²) in [6, 6.07) is 2.39. The molecule has 0 bridgehead atoms. The molecule has 17 heavy (non-hydrogen) atoms. The molecule has 3 nitrogen and oxygen atoms in total. The third-order valence-corrected chi connectivity index (χ3v) is 2.83. The van der Waals surface area contributed by atoms with Crippen molar-refractivity contribution in [2.45, 2.75) is 11.9 Å². The molecule has 7 heteroatoms. The molecule has 0 aromatic heterocycles. The van der Waals surface area contributed by atoms with Crippen LogP contribution in [0.5, 0.6) is 5.75 Å². The molecular formula is C10H8BrClF2O3. The summed E-state index contributed by atoms with van der Waals surface area (Å²) in [6.45, 7) is -2.98. The fraction of sp³-hybridized carbons (Fsp3) is 0.300. The Morgan fingerprint density at radius 2 is 2.18 bits per heavy atom. The van der Waals surface area contributed by atoms with Gasteiger partial charge in [0.1, 0.15) is 5.75 Å². The molecule has 0 saturated heterocycles. The lowest BCUT2D eigenvalue weighted by atomic mass is 10.1. The highest BCUT2D eigenvalue weighted by Gasteiger charge is 2.17. The minimum atomic E-state index is -2.98. The van der Waals surface area contributed by atoms with Gasteiger partial charge in [0.2, 0.25) is 0 Å². The van der Waals surface area contributed by atoms with Gasteiger partial charge in [0.15, 0.2) is 0 Å². The average Bonchev–Trinajstić information content (AvgIpc) is 2.26. The number of ether oxygens (including phenoxy) is 2. The van der Waals surface area contributed by atoms with Crippen molar-refractivity contribution in [2.75, 3.05) is 7.11 Å². The SMILES string of the molecule is COC(=O)c1cc(OC(F)F)cc(Cl)c1CBr. The number of carbonyl (C=O) groups excluding carboxylic acids is 1. The second kappa shape index (κ2) is 6.16. The third-order valence-electron chi connectivity index (χ3n) is 1.93. The molecule has 0 aliphatic rings. The monoisotopic (exact) mass is 328 g/mol. The first kappa shape index (κ1) is 14.2. The van der Waals surface area contributed by atoms with Crippen LogP contribution >= 0.6 is 27.5 Å². The van der Waals surface area contributed by atoms with Crippen LogP contribution in [0.1, 0.15) is 15.9 Å². The number of methoxy groups -OCH3 is 1. The summed E-state index contributed by atoms with van der Waals surface area (Å²) in [5.41, 5.74) is 0.549. The number of benzene rings is 1. The Hall–Kier alpha value is -0.880. The van der Waals surface area contributed by atoms with E-state index in [-0.39, 0.29) is 16.3 Å². The number of carbonyl (C=O) groups is 1. The van der Waals surface area contributed by atoms with Crippen LogP contribution in [0.15, 0.2) is 12.1 Å². The summed E-state index contributed by atoms with van der Waals surface area (Å²) in [7, 11) is 1.19. The normalized spacial score (nSPS) is 10.5. The van der Waals surface area contributed by atoms with Crippen LogP contribution in [0.3, 0.4) is 0 Å². The molecule has 0 amide bonds. The van der Waals surface area contributed by atoms with Crippen molar-refractivity contribution in [1.29, 1.82) is 0 Å². The maximum atomic E-state index is 12.1. The maximum Gasteiger partial charge on any atom is 0.387 e. The van der Waals surface area contributed by atoms with Gasteiger partial charge in [-0.2, -0.15) is 8.78 Å². The molecule has 1 aromatic carbocycles. The van der Waals surface area contributed by atoms with Crippen LogP contribution in [0.2, 0.25) is 5.02 Å². The minimum absolute atomic E-state index is 0.0903. The van der Waals surface area contributed by atoms with Gasteiger partial charge in [-0.15, -0.1) is 0 Å². The highest BCUT2D eigenvalue weighted by Crippen LogP contribution is 2.29. The van der Waals surface area contributed by atoms with E-state index in [1.807, 2.05) is 0 Å². The van der Waals surface area contributed by atoms with Crippen molar-refractivity contribution in [2.24, 2.45) is 0 Å².